The predicted molar refractivity (Wildman–Crippen MR) is 68.2 cm³/mol. The summed E-state index contributed by atoms with van der Waals surface area (Å²) in [6.45, 7) is 1.65. The number of rotatable bonds is 3. The maximum absolute atomic E-state index is 11.9. The Bertz CT molecular complexity index is 636. The number of sulfone groups is 1. The van der Waals surface area contributed by atoms with Crippen LogP contribution in [0.3, 0.4) is 0 Å². The number of carbonyl (C=O) groups is 2. The van der Waals surface area contributed by atoms with Crippen molar-refractivity contribution in [1.29, 1.82) is 0 Å². The van der Waals surface area contributed by atoms with Crippen LogP contribution < -0.4 is 5.32 Å². The van der Waals surface area contributed by atoms with Gasteiger partial charge in [0.15, 0.2) is 20.5 Å². The van der Waals surface area contributed by atoms with E-state index in [0.29, 0.717) is 6.42 Å². The van der Waals surface area contributed by atoms with Gasteiger partial charge in [-0.2, -0.15) is 0 Å². The molecule has 1 aromatic heterocycles. The molecule has 2 N–H and O–H groups in total. The minimum atomic E-state index is -3.12. The second-order valence-electron chi connectivity index (χ2n) is 4.70. The second-order valence-corrected chi connectivity index (χ2v) is 7.74. The van der Waals surface area contributed by atoms with Crippen molar-refractivity contribution in [3.05, 3.63) is 16.1 Å². The largest absolute Gasteiger partial charge is 0.476 e. The van der Waals surface area contributed by atoms with Crippen molar-refractivity contribution in [2.75, 3.05) is 11.5 Å². The molecule has 2 heterocycles. The molecular formula is C10H12N2O5S2. The molecule has 0 aliphatic carbocycles. The van der Waals surface area contributed by atoms with Gasteiger partial charge in [-0.15, -0.1) is 11.3 Å². The van der Waals surface area contributed by atoms with E-state index in [9.17, 15) is 18.0 Å². The van der Waals surface area contributed by atoms with E-state index in [0.717, 1.165) is 11.3 Å². The lowest BCUT2D eigenvalue weighted by molar-refractivity contribution is 0.0691. The van der Waals surface area contributed by atoms with Crippen molar-refractivity contribution in [2.24, 2.45) is 0 Å². The Balaban J connectivity index is 2.11. The third kappa shape index (κ3) is 3.10. The van der Waals surface area contributed by atoms with E-state index in [-0.39, 0.29) is 22.2 Å². The summed E-state index contributed by atoms with van der Waals surface area (Å²) >= 11 is 0.915. The van der Waals surface area contributed by atoms with Crippen LogP contribution in [0.2, 0.25) is 0 Å². The summed E-state index contributed by atoms with van der Waals surface area (Å²) in [7, 11) is -3.12. The van der Waals surface area contributed by atoms with Gasteiger partial charge in [-0.3, -0.25) is 4.79 Å². The number of thiazole rings is 1. The molecule has 9 heteroatoms. The number of nitrogens with zero attached hydrogens (tertiary/aromatic N) is 1. The Morgan fingerprint density at radius 1 is 1.53 bits per heavy atom. The quantitative estimate of drug-likeness (QED) is 0.821. The molecule has 2 rings (SSSR count). The van der Waals surface area contributed by atoms with Crippen LogP contribution in [0.4, 0.5) is 0 Å². The van der Waals surface area contributed by atoms with Gasteiger partial charge in [0.2, 0.25) is 0 Å². The molecule has 1 unspecified atom stereocenters. The second kappa shape index (κ2) is 4.57. The predicted octanol–water partition coefficient (Wildman–Crippen LogP) is 0.148. The molecule has 104 valence electrons. The summed E-state index contributed by atoms with van der Waals surface area (Å²) in [5.74, 6) is -1.81. The first-order chi connectivity index (χ1) is 8.71. The van der Waals surface area contributed by atoms with Crippen molar-refractivity contribution in [3.63, 3.8) is 0 Å². The van der Waals surface area contributed by atoms with Crippen LogP contribution in [0, 0.1) is 0 Å². The van der Waals surface area contributed by atoms with Crippen molar-refractivity contribution in [3.8, 4) is 0 Å². The Kier molecular flexibility index (Phi) is 3.35. The highest BCUT2D eigenvalue weighted by Crippen LogP contribution is 2.23. The lowest BCUT2D eigenvalue weighted by Crippen LogP contribution is -2.46. The van der Waals surface area contributed by atoms with Gasteiger partial charge in [0, 0.05) is 5.38 Å². The first kappa shape index (κ1) is 13.9. The summed E-state index contributed by atoms with van der Waals surface area (Å²) < 4.78 is 22.8. The highest BCUT2D eigenvalue weighted by Gasteiger charge is 2.40. The van der Waals surface area contributed by atoms with Crippen LogP contribution in [0.25, 0.3) is 0 Å². The zero-order valence-electron chi connectivity index (χ0n) is 10.0. The fourth-order valence-corrected chi connectivity index (χ4v) is 4.69. The number of hydrogen-bond donors (Lipinski definition) is 2. The van der Waals surface area contributed by atoms with Gasteiger partial charge in [-0.05, 0) is 13.3 Å². The summed E-state index contributed by atoms with van der Waals surface area (Å²) in [4.78, 5) is 26.2. The third-order valence-electron chi connectivity index (χ3n) is 2.84. The van der Waals surface area contributed by atoms with Crippen LogP contribution in [-0.4, -0.2) is 47.4 Å². The van der Waals surface area contributed by atoms with E-state index in [1.165, 1.54) is 5.38 Å². The number of carbonyl (C=O) groups excluding carboxylic acids is 1. The number of amides is 1. The van der Waals surface area contributed by atoms with Gasteiger partial charge in [-0.25, -0.2) is 18.2 Å². The Morgan fingerprint density at radius 3 is 2.68 bits per heavy atom. The van der Waals surface area contributed by atoms with Gasteiger partial charge in [0.1, 0.15) is 0 Å². The molecule has 1 fully saturated rings. The zero-order valence-corrected chi connectivity index (χ0v) is 11.7. The Labute approximate surface area is 113 Å². The lowest BCUT2D eigenvalue weighted by atomic mass is 10.0. The lowest BCUT2D eigenvalue weighted by Gasteiger charge is -2.22. The molecule has 1 aromatic rings. The highest BCUT2D eigenvalue weighted by atomic mass is 32.2. The molecule has 1 aliphatic heterocycles. The average molecular weight is 304 g/mol. The summed E-state index contributed by atoms with van der Waals surface area (Å²) in [5.41, 5.74) is -1.01. The number of carboxylic acid groups (broad SMARTS) is 1. The van der Waals surface area contributed by atoms with E-state index >= 15 is 0 Å². The first-order valence-corrected chi connectivity index (χ1v) is 8.13. The van der Waals surface area contributed by atoms with Gasteiger partial charge in [-0.1, -0.05) is 0 Å². The van der Waals surface area contributed by atoms with Crippen molar-refractivity contribution < 1.29 is 23.1 Å². The van der Waals surface area contributed by atoms with Crippen LogP contribution in [-0.2, 0) is 9.84 Å². The molecule has 0 spiro atoms. The number of carboxylic acids is 1. The van der Waals surface area contributed by atoms with Gasteiger partial charge < -0.3 is 10.4 Å². The molecule has 7 nitrogen and oxygen atoms in total. The van der Waals surface area contributed by atoms with Crippen LogP contribution in [0.15, 0.2) is 5.38 Å². The normalized spacial score (nSPS) is 25.1. The van der Waals surface area contributed by atoms with Crippen LogP contribution >= 0.6 is 11.3 Å². The third-order valence-corrected chi connectivity index (χ3v) is 5.58. The van der Waals surface area contributed by atoms with E-state index in [1.54, 1.807) is 6.92 Å². The number of nitrogens with one attached hydrogen (secondary N) is 1. The van der Waals surface area contributed by atoms with Crippen molar-refractivity contribution in [1.82, 2.24) is 10.3 Å². The monoisotopic (exact) mass is 304 g/mol. The summed E-state index contributed by atoms with van der Waals surface area (Å²) in [6.07, 6.45) is 0.345. The topological polar surface area (TPSA) is 113 Å². The SMILES string of the molecule is CC1(NC(=O)c2nc(C(=O)O)cs2)CCS(=O)(=O)C1. The molecule has 1 atom stereocenters. The number of hydrogen-bond acceptors (Lipinski definition) is 6. The molecule has 1 saturated heterocycles. The molecule has 0 saturated carbocycles. The molecule has 0 aromatic carbocycles. The molecule has 1 amide bonds. The smallest absolute Gasteiger partial charge is 0.355 e. The van der Waals surface area contributed by atoms with Crippen molar-refractivity contribution >= 4 is 33.1 Å². The van der Waals surface area contributed by atoms with Crippen molar-refractivity contribution in [2.45, 2.75) is 18.9 Å². The first-order valence-electron chi connectivity index (χ1n) is 5.43. The van der Waals surface area contributed by atoms with Crippen LogP contribution in [0.5, 0.6) is 0 Å². The van der Waals surface area contributed by atoms with Crippen LogP contribution in [0.1, 0.15) is 33.6 Å². The minimum absolute atomic E-state index is 0.0166. The summed E-state index contributed by atoms with van der Waals surface area (Å²) in [5, 5.41) is 12.6. The molecule has 0 bridgehead atoms. The standard InChI is InChI=1S/C10H12N2O5S2/c1-10(2-3-19(16,17)5-10)12-7(13)8-11-6(4-18-8)9(14)15/h4H,2-3,5H2,1H3,(H,12,13)(H,14,15). The van der Waals surface area contributed by atoms with Gasteiger partial charge >= 0.3 is 5.97 Å². The number of aromatic carboxylic acids is 1. The number of aromatic nitrogens is 1. The fourth-order valence-electron chi connectivity index (χ4n) is 1.91. The Hall–Kier alpha value is -1.48. The molecule has 1 aliphatic rings. The Morgan fingerprint density at radius 2 is 2.21 bits per heavy atom. The zero-order chi connectivity index (χ0) is 14.3. The van der Waals surface area contributed by atoms with E-state index in [1.807, 2.05) is 0 Å². The fraction of sp³-hybridized carbons (Fsp3) is 0.500. The molecular weight excluding hydrogens is 292 g/mol. The highest BCUT2D eigenvalue weighted by molar-refractivity contribution is 7.91. The van der Waals surface area contributed by atoms with Gasteiger partial charge in [0.25, 0.3) is 5.91 Å². The molecule has 19 heavy (non-hydrogen) atoms. The van der Waals surface area contributed by atoms with E-state index in [4.69, 9.17) is 5.11 Å². The van der Waals surface area contributed by atoms with Gasteiger partial charge in [0.05, 0.1) is 17.0 Å². The average Bonchev–Trinajstić information content (AvgIpc) is 2.83. The minimum Gasteiger partial charge on any atom is -0.476 e. The van der Waals surface area contributed by atoms with E-state index < -0.39 is 27.3 Å². The molecule has 0 radical (unpaired) electrons. The summed E-state index contributed by atoms with van der Waals surface area (Å²) in [6, 6.07) is 0. The maximum atomic E-state index is 11.9. The maximum Gasteiger partial charge on any atom is 0.355 e. The van der Waals surface area contributed by atoms with E-state index in [2.05, 4.69) is 10.3 Å².